The van der Waals surface area contributed by atoms with Crippen LogP contribution in [0, 0.1) is 14.9 Å². The van der Waals surface area contributed by atoms with Crippen molar-refractivity contribution < 1.29 is 36.0 Å². The van der Waals surface area contributed by atoms with E-state index < -0.39 is 0 Å². The van der Waals surface area contributed by atoms with Gasteiger partial charge in [-0.2, -0.15) is 0 Å². The minimum atomic E-state index is -0.352. The van der Waals surface area contributed by atoms with E-state index in [-0.39, 0.29) is 59.3 Å². The summed E-state index contributed by atoms with van der Waals surface area (Å²) in [7, 11) is 0.275. The molecule has 4 heterocycles. The molecule has 0 aromatic heterocycles. The molecule has 212 valence electrons. The first-order valence-electron chi connectivity index (χ1n) is 13.8. The van der Waals surface area contributed by atoms with Gasteiger partial charge in [0.25, 0.3) is 0 Å². The van der Waals surface area contributed by atoms with Crippen molar-refractivity contribution in [3.63, 3.8) is 0 Å². The molecule has 2 aliphatic carbocycles. The van der Waals surface area contributed by atoms with Gasteiger partial charge in [-0.25, -0.2) is 0 Å². The van der Waals surface area contributed by atoms with Crippen LogP contribution in [0.2, 0.25) is 0 Å². The third kappa shape index (κ3) is 6.57. The third-order valence-electron chi connectivity index (χ3n) is 9.21. The van der Waals surface area contributed by atoms with Crippen molar-refractivity contribution in [2.24, 2.45) is 0 Å². The van der Waals surface area contributed by atoms with Crippen LogP contribution in [0.3, 0.4) is 0 Å². The maximum absolute atomic E-state index is 6.14. The molecule has 6 rings (SSSR count). The van der Waals surface area contributed by atoms with Gasteiger partial charge < -0.3 is 33.8 Å². The molecule has 0 N–H and O–H groups in total. The van der Waals surface area contributed by atoms with Gasteiger partial charge in [0, 0.05) is 17.0 Å². The fourth-order valence-corrected chi connectivity index (χ4v) is 15.7. The first-order valence-corrected chi connectivity index (χ1v) is 17.0. The summed E-state index contributed by atoms with van der Waals surface area (Å²) in [5, 5.41) is 0. The summed E-state index contributed by atoms with van der Waals surface area (Å²) >= 11 is 0. The molecule has 0 spiro atoms. The van der Waals surface area contributed by atoms with Gasteiger partial charge in [-0.15, -0.1) is 0 Å². The van der Waals surface area contributed by atoms with Crippen LogP contribution in [0.5, 0.6) is 0 Å². The Kier molecular flexibility index (Phi) is 11.9. The van der Waals surface area contributed by atoms with Crippen molar-refractivity contribution in [1.29, 1.82) is 0 Å². The standard InChI is InChI=1S/C14H25O2P.C13H23O2P.2CH3.Fe/c1-9-12-13(16-14(3,4)15-12)10(2)17(9)11-7-5-6-8-11;1-9-12-11(14-13(2,3)15-12)8-16(9)10-6-4-5-7-10;;;/h9-13H,5-8H2,1-4H3;9-12H,4-8H2,1-3H3;2*1H3;/q;;2*-1;+2/t9-,10-,12+,13+;9-,11+,12+,16?;;;/m00.../s1. The van der Waals surface area contributed by atoms with Crippen LogP contribution in [0.15, 0.2) is 0 Å². The van der Waals surface area contributed by atoms with Crippen LogP contribution in [-0.2, 0) is 36.0 Å². The van der Waals surface area contributed by atoms with Gasteiger partial charge in [-0.3, -0.25) is 0 Å². The second-order valence-corrected chi connectivity index (χ2v) is 18.6. The van der Waals surface area contributed by atoms with Crippen LogP contribution in [-0.4, -0.2) is 70.4 Å². The first-order chi connectivity index (χ1) is 15.6. The van der Waals surface area contributed by atoms with Crippen LogP contribution in [0.1, 0.15) is 99.8 Å². The Hall–Kier alpha value is 1.22. The molecular weight excluding hydrogens is 530 g/mol. The number of hydrogen-bond acceptors (Lipinski definition) is 4. The maximum Gasteiger partial charge on any atom is 2.00 e. The number of hydrogen-bond donors (Lipinski definition) is 0. The largest absolute Gasteiger partial charge is 2.00 e. The SMILES string of the molecule is C[C@H]1[C@H]2OC(C)(C)O[C@@H]2CP1C1CCCC1.C[C@H]1[C@H]2OC(C)(C)O[C@@H]2[C@H](C)P1C1CCCC1.[CH3-].[CH3-].[Fe+2]. The predicted molar refractivity (Wildman–Crippen MR) is 152 cm³/mol. The smallest absolute Gasteiger partial charge is 0.358 e. The van der Waals surface area contributed by atoms with E-state index in [0.717, 1.165) is 28.3 Å². The molecule has 0 aromatic carbocycles. The summed E-state index contributed by atoms with van der Waals surface area (Å²) < 4.78 is 24.4. The summed E-state index contributed by atoms with van der Waals surface area (Å²) in [6.45, 7) is 15.4. The molecule has 6 fully saturated rings. The van der Waals surface area contributed by atoms with E-state index >= 15 is 0 Å². The number of fused-ring (bicyclic) bond motifs is 2. The molecule has 1 unspecified atom stereocenters. The maximum atomic E-state index is 6.14. The normalized spacial score (nSPS) is 44.6. The van der Waals surface area contributed by atoms with Gasteiger partial charge in [0.05, 0.1) is 24.4 Å². The van der Waals surface area contributed by atoms with Gasteiger partial charge in [0.2, 0.25) is 0 Å². The van der Waals surface area contributed by atoms with E-state index in [4.69, 9.17) is 18.9 Å². The van der Waals surface area contributed by atoms with Gasteiger partial charge in [0.1, 0.15) is 0 Å². The van der Waals surface area contributed by atoms with E-state index in [1.165, 1.54) is 57.5 Å². The molecule has 0 bridgehead atoms. The second-order valence-electron chi connectivity index (χ2n) is 12.4. The molecule has 36 heavy (non-hydrogen) atoms. The van der Waals surface area contributed by atoms with E-state index in [1.807, 2.05) is 0 Å². The molecule has 4 nitrogen and oxygen atoms in total. The van der Waals surface area contributed by atoms with E-state index in [0.29, 0.717) is 24.4 Å². The van der Waals surface area contributed by atoms with Crippen LogP contribution in [0.25, 0.3) is 0 Å². The fourth-order valence-electron chi connectivity index (χ4n) is 7.83. The Morgan fingerprint density at radius 1 is 0.583 bits per heavy atom. The fraction of sp³-hybridized carbons (Fsp3) is 0.931. The molecule has 2 saturated carbocycles. The quantitative estimate of drug-likeness (QED) is 0.188. The van der Waals surface area contributed by atoms with Gasteiger partial charge >= 0.3 is 17.1 Å². The number of ether oxygens (including phenoxy) is 4. The van der Waals surface area contributed by atoms with Crippen molar-refractivity contribution in [1.82, 2.24) is 0 Å². The molecular formula is C29H54FeO4P2. The minimum absolute atomic E-state index is 0. The Morgan fingerprint density at radius 3 is 1.47 bits per heavy atom. The molecule has 7 heteroatoms. The minimum Gasteiger partial charge on any atom is -0.358 e. The molecule has 4 saturated heterocycles. The topological polar surface area (TPSA) is 36.9 Å². The number of rotatable bonds is 2. The monoisotopic (exact) mass is 584 g/mol. The summed E-state index contributed by atoms with van der Waals surface area (Å²) in [4.78, 5) is 0. The Labute approximate surface area is 236 Å². The average Bonchev–Trinajstić information content (AvgIpc) is 3.54. The summed E-state index contributed by atoms with van der Waals surface area (Å²) in [6.07, 6.45) is 14.5. The second kappa shape index (κ2) is 12.8. The van der Waals surface area contributed by atoms with E-state index in [2.05, 4.69) is 48.5 Å². The average molecular weight is 585 g/mol. The Morgan fingerprint density at radius 2 is 1.00 bits per heavy atom. The zero-order valence-corrected chi connectivity index (χ0v) is 27.3. The van der Waals surface area contributed by atoms with Crippen LogP contribution in [0.4, 0.5) is 0 Å². The zero-order chi connectivity index (χ0) is 23.5. The molecule has 6 aliphatic rings. The molecule has 8 atom stereocenters. The van der Waals surface area contributed by atoms with Gasteiger partial charge in [-0.05, 0) is 70.9 Å². The van der Waals surface area contributed by atoms with Gasteiger partial charge in [0.15, 0.2) is 11.6 Å². The molecule has 4 aliphatic heterocycles. The van der Waals surface area contributed by atoms with Crippen molar-refractivity contribution in [2.75, 3.05) is 6.16 Å². The zero-order valence-electron chi connectivity index (χ0n) is 24.4. The van der Waals surface area contributed by atoms with Crippen LogP contribution < -0.4 is 0 Å². The molecule has 0 radical (unpaired) electrons. The van der Waals surface area contributed by atoms with E-state index in [9.17, 15) is 0 Å². The summed E-state index contributed by atoms with van der Waals surface area (Å²) in [5.41, 5.74) is 4.23. The van der Waals surface area contributed by atoms with Crippen molar-refractivity contribution in [3.8, 4) is 0 Å². The van der Waals surface area contributed by atoms with Crippen molar-refractivity contribution in [2.45, 2.75) is 164 Å². The Balaban J connectivity index is 0.000000234. The summed E-state index contributed by atoms with van der Waals surface area (Å²) in [6, 6.07) is 0. The molecule has 0 aromatic rings. The van der Waals surface area contributed by atoms with Crippen LogP contribution >= 0.6 is 15.8 Å². The van der Waals surface area contributed by atoms with Gasteiger partial charge in [-0.1, -0.05) is 62.3 Å². The molecule has 0 amide bonds. The Bertz CT molecular complexity index is 675. The summed E-state index contributed by atoms with van der Waals surface area (Å²) in [5.74, 6) is -0.685. The third-order valence-corrected chi connectivity index (χ3v) is 16.6. The van der Waals surface area contributed by atoms with Crippen molar-refractivity contribution in [3.05, 3.63) is 14.9 Å². The first kappa shape index (κ1) is 33.4. The van der Waals surface area contributed by atoms with Crippen molar-refractivity contribution >= 4 is 15.8 Å². The van der Waals surface area contributed by atoms with E-state index in [1.54, 1.807) is 0 Å². The predicted octanol–water partition coefficient (Wildman–Crippen LogP) is 7.95.